The number of benzene rings is 1. The van der Waals surface area contributed by atoms with Crippen molar-refractivity contribution in [3.8, 4) is 5.75 Å². The average Bonchev–Trinajstić information content (AvgIpc) is 2.43. The van der Waals surface area contributed by atoms with Crippen LogP contribution in [0.2, 0.25) is 0 Å². The molecule has 1 aliphatic rings. The van der Waals surface area contributed by atoms with Crippen molar-refractivity contribution in [2.75, 3.05) is 18.4 Å². The number of ether oxygens (including phenoxy) is 1. The number of hydrogen-bond acceptors (Lipinski definition) is 4. The van der Waals surface area contributed by atoms with E-state index in [1.54, 1.807) is 24.3 Å². The van der Waals surface area contributed by atoms with Crippen LogP contribution in [0.1, 0.15) is 20.3 Å². The van der Waals surface area contributed by atoms with Crippen LogP contribution in [0.5, 0.6) is 5.75 Å². The lowest BCUT2D eigenvalue weighted by atomic mass is 10.1. The summed E-state index contributed by atoms with van der Waals surface area (Å²) in [6.07, 6.45) is 0.233. The molecule has 1 fully saturated rings. The highest BCUT2D eigenvalue weighted by atomic mass is 16.5. The van der Waals surface area contributed by atoms with Crippen molar-refractivity contribution < 1.29 is 14.3 Å². The Kier molecular flexibility index (Phi) is 5.16. The van der Waals surface area contributed by atoms with Gasteiger partial charge in [0.25, 0.3) is 0 Å². The Balaban J connectivity index is 1.86. The molecule has 1 unspecified atom stereocenters. The van der Waals surface area contributed by atoms with Crippen LogP contribution in [0.15, 0.2) is 24.3 Å². The molecule has 0 bridgehead atoms. The molecule has 6 heteroatoms. The molecule has 2 amide bonds. The maximum atomic E-state index is 11.9. The summed E-state index contributed by atoms with van der Waals surface area (Å²) >= 11 is 0. The number of nitrogens with one attached hydrogen (secondary N) is 3. The van der Waals surface area contributed by atoms with E-state index in [1.165, 1.54) is 0 Å². The SMILES string of the molecule is CC(C)Oc1ccc(NC(=O)CC2NCCNC2=O)cc1. The lowest BCUT2D eigenvalue weighted by Crippen LogP contribution is -2.53. The van der Waals surface area contributed by atoms with Gasteiger partial charge in [-0.3, -0.25) is 9.59 Å². The zero-order valence-corrected chi connectivity index (χ0v) is 12.3. The maximum absolute atomic E-state index is 11.9. The van der Waals surface area contributed by atoms with Crippen LogP contribution in [0.3, 0.4) is 0 Å². The first-order valence-electron chi connectivity index (χ1n) is 7.12. The zero-order chi connectivity index (χ0) is 15.2. The standard InChI is InChI=1S/C15H21N3O3/c1-10(2)21-12-5-3-11(4-6-12)18-14(19)9-13-15(20)17-8-7-16-13/h3-6,10,13,16H,7-9H2,1-2H3,(H,17,20)(H,18,19). The van der Waals surface area contributed by atoms with Gasteiger partial charge in [0.15, 0.2) is 0 Å². The van der Waals surface area contributed by atoms with Crippen molar-refractivity contribution in [3.05, 3.63) is 24.3 Å². The Morgan fingerprint density at radius 1 is 1.33 bits per heavy atom. The highest BCUT2D eigenvalue weighted by molar-refractivity contribution is 5.95. The van der Waals surface area contributed by atoms with Crippen molar-refractivity contribution in [1.29, 1.82) is 0 Å². The van der Waals surface area contributed by atoms with E-state index in [1.807, 2.05) is 13.8 Å². The van der Waals surface area contributed by atoms with Gasteiger partial charge in [-0.1, -0.05) is 0 Å². The molecule has 1 heterocycles. The lowest BCUT2D eigenvalue weighted by molar-refractivity contribution is -0.127. The number of carbonyl (C=O) groups is 2. The van der Waals surface area contributed by atoms with Gasteiger partial charge in [-0.05, 0) is 38.1 Å². The van der Waals surface area contributed by atoms with Gasteiger partial charge in [0, 0.05) is 18.8 Å². The summed E-state index contributed by atoms with van der Waals surface area (Å²) in [7, 11) is 0. The third kappa shape index (κ3) is 4.75. The summed E-state index contributed by atoms with van der Waals surface area (Å²) < 4.78 is 5.53. The van der Waals surface area contributed by atoms with E-state index in [9.17, 15) is 9.59 Å². The fourth-order valence-electron chi connectivity index (χ4n) is 2.10. The van der Waals surface area contributed by atoms with Crippen molar-refractivity contribution in [2.45, 2.75) is 32.4 Å². The number of piperazine rings is 1. The molecule has 6 nitrogen and oxygen atoms in total. The van der Waals surface area contributed by atoms with Crippen LogP contribution >= 0.6 is 0 Å². The molecular weight excluding hydrogens is 270 g/mol. The fraction of sp³-hybridized carbons (Fsp3) is 0.467. The number of hydrogen-bond donors (Lipinski definition) is 3. The number of anilines is 1. The molecule has 0 radical (unpaired) electrons. The van der Waals surface area contributed by atoms with Gasteiger partial charge in [0.2, 0.25) is 11.8 Å². The number of rotatable bonds is 5. The van der Waals surface area contributed by atoms with Gasteiger partial charge >= 0.3 is 0 Å². The minimum atomic E-state index is -0.456. The summed E-state index contributed by atoms with van der Waals surface area (Å²) in [5.41, 5.74) is 0.687. The monoisotopic (exact) mass is 291 g/mol. The van der Waals surface area contributed by atoms with Crippen LogP contribution in [0.4, 0.5) is 5.69 Å². The van der Waals surface area contributed by atoms with Crippen molar-refractivity contribution in [3.63, 3.8) is 0 Å². The van der Waals surface area contributed by atoms with Crippen LogP contribution in [0.25, 0.3) is 0 Å². The molecule has 0 spiro atoms. The highest BCUT2D eigenvalue weighted by Crippen LogP contribution is 2.17. The van der Waals surface area contributed by atoms with Gasteiger partial charge in [-0.15, -0.1) is 0 Å². The van der Waals surface area contributed by atoms with Crippen LogP contribution < -0.4 is 20.7 Å². The molecule has 21 heavy (non-hydrogen) atoms. The van der Waals surface area contributed by atoms with E-state index in [0.717, 1.165) is 5.75 Å². The van der Waals surface area contributed by atoms with Crippen LogP contribution in [-0.2, 0) is 9.59 Å². The summed E-state index contributed by atoms with van der Waals surface area (Å²) in [5, 5.41) is 8.53. The van der Waals surface area contributed by atoms with E-state index in [4.69, 9.17) is 4.74 Å². The smallest absolute Gasteiger partial charge is 0.237 e. The average molecular weight is 291 g/mol. The predicted molar refractivity (Wildman–Crippen MR) is 80.3 cm³/mol. The minimum absolute atomic E-state index is 0.112. The maximum Gasteiger partial charge on any atom is 0.237 e. The molecule has 1 aliphatic heterocycles. The molecule has 0 saturated carbocycles. The molecule has 0 aromatic heterocycles. The number of carbonyl (C=O) groups excluding carboxylic acids is 2. The van der Waals surface area contributed by atoms with E-state index < -0.39 is 6.04 Å². The van der Waals surface area contributed by atoms with Crippen LogP contribution in [0, 0.1) is 0 Å². The normalized spacial score (nSPS) is 18.2. The summed E-state index contributed by atoms with van der Waals surface area (Å²) in [5.74, 6) is 0.440. The van der Waals surface area contributed by atoms with Gasteiger partial charge in [-0.2, -0.15) is 0 Å². The second kappa shape index (κ2) is 7.08. The Bertz CT molecular complexity index is 499. The fourth-order valence-corrected chi connectivity index (χ4v) is 2.10. The molecule has 0 aliphatic carbocycles. The lowest BCUT2D eigenvalue weighted by Gasteiger charge is -2.22. The first-order valence-corrected chi connectivity index (χ1v) is 7.12. The molecule has 114 valence electrons. The van der Waals surface area contributed by atoms with E-state index in [0.29, 0.717) is 18.8 Å². The predicted octanol–water partition coefficient (Wildman–Crippen LogP) is 0.890. The van der Waals surface area contributed by atoms with Crippen LogP contribution in [-0.4, -0.2) is 37.0 Å². The largest absolute Gasteiger partial charge is 0.491 e. The molecule has 1 aromatic carbocycles. The van der Waals surface area contributed by atoms with Crippen molar-refractivity contribution >= 4 is 17.5 Å². The third-order valence-electron chi connectivity index (χ3n) is 3.03. The van der Waals surface area contributed by atoms with Crippen molar-refractivity contribution in [2.24, 2.45) is 0 Å². The first-order chi connectivity index (χ1) is 10.0. The van der Waals surface area contributed by atoms with E-state index in [2.05, 4.69) is 16.0 Å². The quantitative estimate of drug-likeness (QED) is 0.753. The highest BCUT2D eigenvalue weighted by Gasteiger charge is 2.23. The van der Waals surface area contributed by atoms with Gasteiger partial charge in [0.05, 0.1) is 18.6 Å². The molecule has 3 N–H and O–H groups in total. The summed E-state index contributed by atoms with van der Waals surface area (Å²) in [6.45, 7) is 5.20. The van der Waals surface area contributed by atoms with Gasteiger partial charge < -0.3 is 20.7 Å². The minimum Gasteiger partial charge on any atom is -0.491 e. The third-order valence-corrected chi connectivity index (χ3v) is 3.03. The number of amides is 2. The molecule has 1 aromatic rings. The molecular formula is C15H21N3O3. The topological polar surface area (TPSA) is 79.5 Å². The molecule has 1 atom stereocenters. The Labute approximate surface area is 124 Å². The first kappa shape index (κ1) is 15.3. The molecule has 2 rings (SSSR count). The second-order valence-corrected chi connectivity index (χ2v) is 5.24. The van der Waals surface area contributed by atoms with Gasteiger partial charge in [0.1, 0.15) is 5.75 Å². The van der Waals surface area contributed by atoms with Gasteiger partial charge in [-0.25, -0.2) is 0 Å². The Hall–Kier alpha value is -2.08. The van der Waals surface area contributed by atoms with E-state index in [-0.39, 0.29) is 24.3 Å². The molecule has 1 saturated heterocycles. The van der Waals surface area contributed by atoms with Crippen molar-refractivity contribution in [1.82, 2.24) is 10.6 Å². The summed E-state index contributed by atoms with van der Waals surface area (Å²) in [6, 6.07) is 6.72. The zero-order valence-electron chi connectivity index (χ0n) is 12.3. The Morgan fingerprint density at radius 2 is 2.05 bits per heavy atom. The second-order valence-electron chi connectivity index (χ2n) is 5.24. The van der Waals surface area contributed by atoms with E-state index >= 15 is 0 Å². The summed E-state index contributed by atoms with van der Waals surface area (Å²) in [4.78, 5) is 23.5. The Morgan fingerprint density at radius 3 is 2.67 bits per heavy atom.